The van der Waals surface area contributed by atoms with E-state index in [0.717, 1.165) is 37.2 Å². The summed E-state index contributed by atoms with van der Waals surface area (Å²) < 4.78 is 11.6. The minimum atomic E-state index is -0.694. The lowest BCUT2D eigenvalue weighted by molar-refractivity contribution is -0.143. The highest BCUT2D eigenvalue weighted by atomic mass is 16.5. The first kappa shape index (κ1) is 21.1. The Balaban J connectivity index is 1.47. The van der Waals surface area contributed by atoms with Gasteiger partial charge in [-0.05, 0) is 75.4 Å². The van der Waals surface area contributed by atoms with E-state index in [-0.39, 0.29) is 5.91 Å². The third-order valence-electron chi connectivity index (χ3n) is 6.25. The fourth-order valence-corrected chi connectivity index (χ4v) is 4.52. The summed E-state index contributed by atoms with van der Waals surface area (Å²) in [6.45, 7) is 6.25. The number of carbonyl (C=O) groups is 1. The molecule has 28 heavy (non-hydrogen) atoms. The molecular formula is C23H36N2O3. The number of nitrogens with one attached hydrogen (secondary N) is 1. The summed E-state index contributed by atoms with van der Waals surface area (Å²) in [5, 5.41) is 3.04. The molecule has 0 aromatic heterocycles. The van der Waals surface area contributed by atoms with Gasteiger partial charge in [-0.3, -0.25) is 9.69 Å². The van der Waals surface area contributed by atoms with Gasteiger partial charge in [-0.2, -0.15) is 0 Å². The van der Waals surface area contributed by atoms with Crippen molar-refractivity contribution in [2.45, 2.75) is 63.9 Å². The van der Waals surface area contributed by atoms with Gasteiger partial charge in [-0.1, -0.05) is 26.2 Å². The standard InChI is InChI=1S/C23H36N2O3/c1-19-8-7-13-23(18-19,27-2)22(26)24-20-9-11-21(12-10-20)28-17-16-25-14-5-3-4-6-15-25/h9-12,19H,3-8,13-18H2,1-2H3,(H,24,26)/t19-,23+/m1/s1. The molecule has 2 atom stereocenters. The predicted octanol–water partition coefficient (Wildman–Crippen LogP) is 4.48. The molecule has 1 aromatic rings. The van der Waals surface area contributed by atoms with Crippen LogP contribution in [0.25, 0.3) is 0 Å². The van der Waals surface area contributed by atoms with Crippen molar-refractivity contribution in [3.63, 3.8) is 0 Å². The van der Waals surface area contributed by atoms with E-state index >= 15 is 0 Å². The first-order chi connectivity index (χ1) is 13.6. The Morgan fingerprint density at radius 3 is 2.50 bits per heavy atom. The van der Waals surface area contributed by atoms with Crippen LogP contribution in [-0.2, 0) is 9.53 Å². The van der Waals surface area contributed by atoms with Crippen molar-refractivity contribution in [2.75, 3.05) is 38.7 Å². The van der Waals surface area contributed by atoms with E-state index in [1.807, 2.05) is 24.3 Å². The summed E-state index contributed by atoms with van der Waals surface area (Å²) in [5.41, 5.74) is 0.0968. The first-order valence-electron chi connectivity index (χ1n) is 10.9. The maximum absolute atomic E-state index is 12.9. The summed E-state index contributed by atoms with van der Waals surface area (Å²) >= 11 is 0. The van der Waals surface area contributed by atoms with E-state index in [9.17, 15) is 4.79 Å². The van der Waals surface area contributed by atoms with Crippen molar-refractivity contribution in [1.82, 2.24) is 4.90 Å². The molecule has 1 heterocycles. The van der Waals surface area contributed by atoms with Crippen molar-refractivity contribution in [2.24, 2.45) is 5.92 Å². The molecule has 1 N–H and O–H groups in total. The largest absolute Gasteiger partial charge is 0.492 e. The number of carbonyl (C=O) groups excluding carboxylic acids is 1. The molecule has 5 heteroatoms. The highest BCUT2D eigenvalue weighted by Gasteiger charge is 2.41. The Labute approximate surface area is 169 Å². The maximum Gasteiger partial charge on any atom is 0.256 e. The molecular weight excluding hydrogens is 352 g/mol. The summed E-state index contributed by atoms with van der Waals surface area (Å²) in [4.78, 5) is 15.4. The van der Waals surface area contributed by atoms with Crippen LogP contribution >= 0.6 is 0 Å². The molecule has 2 fully saturated rings. The smallest absolute Gasteiger partial charge is 0.256 e. The molecule has 1 aliphatic carbocycles. The minimum absolute atomic E-state index is 0.0311. The van der Waals surface area contributed by atoms with E-state index < -0.39 is 5.60 Å². The molecule has 0 spiro atoms. The number of nitrogens with zero attached hydrogens (tertiary/aromatic N) is 1. The van der Waals surface area contributed by atoms with Crippen molar-refractivity contribution >= 4 is 11.6 Å². The lowest BCUT2D eigenvalue weighted by Crippen LogP contribution is -2.47. The topological polar surface area (TPSA) is 50.8 Å². The Kier molecular flexibility index (Phi) is 7.74. The highest BCUT2D eigenvalue weighted by molar-refractivity contribution is 5.97. The zero-order valence-electron chi connectivity index (χ0n) is 17.5. The van der Waals surface area contributed by atoms with Crippen LogP contribution in [0.4, 0.5) is 5.69 Å². The number of anilines is 1. The number of hydrogen-bond acceptors (Lipinski definition) is 4. The van der Waals surface area contributed by atoms with Crippen LogP contribution in [-0.4, -0.2) is 49.8 Å². The number of amides is 1. The molecule has 1 saturated heterocycles. The molecule has 2 aliphatic rings. The number of benzene rings is 1. The van der Waals surface area contributed by atoms with Gasteiger partial charge >= 0.3 is 0 Å². The van der Waals surface area contributed by atoms with Crippen LogP contribution in [0.5, 0.6) is 5.75 Å². The van der Waals surface area contributed by atoms with Gasteiger partial charge in [-0.15, -0.1) is 0 Å². The van der Waals surface area contributed by atoms with Crippen LogP contribution in [0.3, 0.4) is 0 Å². The van der Waals surface area contributed by atoms with Gasteiger partial charge in [0.25, 0.3) is 5.91 Å². The number of hydrogen-bond donors (Lipinski definition) is 1. The number of ether oxygens (including phenoxy) is 2. The number of rotatable bonds is 7. The highest BCUT2D eigenvalue weighted by Crippen LogP contribution is 2.35. The van der Waals surface area contributed by atoms with Gasteiger partial charge in [-0.25, -0.2) is 0 Å². The van der Waals surface area contributed by atoms with Crippen molar-refractivity contribution in [1.29, 1.82) is 0 Å². The normalized spacial score (nSPS) is 26.4. The fraction of sp³-hybridized carbons (Fsp3) is 0.696. The summed E-state index contributed by atoms with van der Waals surface area (Å²) in [7, 11) is 1.65. The lowest BCUT2D eigenvalue weighted by atomic mass is 9.78. The Hall–Kier alpha value is -1.59. The summed E-state index contributed by atoms with van der Waals surface area (Å²) in [6, 6.07) is 7.69. The van der Waals surface area contributed by atoms with Crippen molar-refractivity contribution in [3.05, 3.63) is 24.3 Å². The third kappa shape index (κ3) is 5.71. The summed E-state index contributed by atoms with van der Waals surface area (Å²) in [6.07, 6.45) is 9.09. The lowest BCUT2D eigenvalue weighted by Gasteiger charge is -2.37. The van der Waals surface area contributed by atoms with Gasteiger partial charge in [0.05, 0.1) is 0 Å². The zero-order chi connectivity index (χ0) is 19.8. The molecule has 1 saturated carbocycles. The molecule has 0 bridgehead atoms. The Morgan fingerprint density at radius 2 is 1.86 bits per heavy atom. The van der Waals surface area contributed by atoms with Crippen molar-refractivity contribution < 1.29 is 14.3 Å². The van der Waals surface area contributed by atoms with Crippen LogP contribution in [0.1, 0.15) is 58.3 Å². The Bertz CT molecular complexity index is 611. The van der Waals surface area contributed by atoms with Gasteiger partial charge in [0.2, 0.25) is 0 Å². The summed E-state index contributed by atoms with van der Waals surface area (Å²) in [5.74, 6) is 1.33. The van der Waals surface area contributed by atoms with E-state index in [2.05, 4.69) is 17.1 Å². The van der Waals surface area contributed by atoms with Gasteiger partial charge in [0.1, 0.15) is 18.0 Å². The molecule has 5 nitrogen and oxygen atoms in total. The predicted molar refractivity (Wildman–Crippen MR) is 113 cm³/mol. The zero-order valence-corrected chi connectivity index (χ0v) is 17.5. The average molecular weight is 389 g/mol. The van der Waals surface area contributed by atoms with Crippen LogP contribution in [0.15, 0.2) is 24.3 Å². The molecule has 3 rings (SSSR count). The SMILES string of the molecule is CO[C@@]1(C(=O)Nc2ccc(OCCN3CCCCCC3)cc2)CCC[C@@H](C)C1. The first-order valence-corrected chi connectivity index (χ1v) is 10.9. The van der Waals surface area contributed by atoms with E-state index in [0.29, 0.717) is 12.5 Å². The third-order valence-corrected chi connectivity index (χ3v) is 6.25. The maximum atomic E-state index is 12.9. The fourth-order valence-electron chi connectivity index (χ4n) is 4.52. The molecule has 1 amide bonds. The number of likely N-dealkylation sites (tertiary alicyclic amines) is 1. The molecule has 0 radical (unpaired) electrons. The molecule has 1 aliphatic heterocycles. The molecule has 0 unspecified atom stereocenters. The molecule has 1 aromatic carbocycles. The second kappa shape index (κ2) is 10.3. The van der Waals surface area contributed by atoms with E-state index in [4.69, 9.17) is 9.47 Å². The second-order valence-corrected chi connectivity index (χ2v) is 8.48. The van der Waals surface area contributed by atoms with E-state index in [1.54, 1.807) is 7.11 Å². The van der Waals surface area contributed by atoms with Crippen molar-refractivity contribution in [3.8, 4) is 5.75 Å². The van der Waals surface area contributed by atoms with Gasteiger partial charge in [0, 0.05) is 19.3 Å². The Morgan fingerprint density at radius 1 is 1.14 bits per heavy atom. The second-order valence-electron chi connectivity index (χ2n) is 8.48. The van der Waals surface area contributed by atoms with Crippen LogP contribution in [0, 0.1) is 5.92 Å². The van der Waals surface area contributed by atoms with Gasteiger partial charge in [0.15, 0.2) is 0 Å². The van der Waals surface area contributed by atoms with E-state index in [1.165, 1.54) is 45.2 Å². The average Bonchev–Trinajstić information content (AvgIpc) is 2.98. The van der Waals surface area contributed by atoms with Crippen LogP contribution in [0.2, 0.25) is 0 Å². The minimum Gasteiger partial charge on any atom is -0.492 e. The number of methoxy groups -OCH3 is 1. The monoisotopic (exact) mass is 388 g/mol. The molecule has 156 valence electrons. The van der Waals surface area contributed by atoms with Crippen LogP contribution < -0.4 is 10.1 Å². The quantitative estimate of drug-likeness (QED) is 0.748. The van der Waals surface area contributed by atoms with Gasteiger partial charge < -0.3 is 14.8 Å².